The first kappa shape index (κ1) is 28.7. The molecule has 0 aliphatic carbocycles. The lowest BCUT2D eigenvalue weighted by Crippen LogP contribution is -2.44. The van der Waals surface area contributed by atoms with Crippen LogP contribution in [0.2, 0.25) is 0 Å². The number of anilines is 1. The molecule has 0 aliphatic rings. The van der Waals surface area contributed by atoms with Crippen LogP contribution in [0.5, 0.6) is 11.5 Å². The van der Waals surface area contributed by atoms with Crippen molar-refractivity contribution in [2.75, 3.05) is 11.5 Å². The van der Waals surface area contributed by atoms with Crippen molar-refractivity contribution in [1.29, 1.82) is 0 Å². The van der Waals surface area contributed by atoms with Crippen LogP contribution in [0.4, 0.5) is 5.69 Å². The van der Waals surface area contributed by atoms with Gasteiger partial charge in [-0.15, -0.1) is 0 Å². The molecule has 0 radical (unpaired) electrons. The largest absolute Gasteiger partial charge is 0.490 e. The Labute approximate surface area is 251 Å². The average molecular weight is 738 g/mol. The molecule has 38 heavy (non-hydrogen) atoms. The van der Waals surface area contributed by atoms with E-state index < -0.39 is 6.04 Å². The standard InChI is InChI=1S/C30H32I2N2O4/c1-18(2)37-28-11-9-21(31)14-25(28)30(36)34(27-15-22(32)10-12-29(27)38-19(3)4)23(17-35)13-20-16-33-26-8-6-5-7-24(20)26/h5-12,14-16,18-19,23,33,35H,13,17H2,1-4H3/t23-/m1/s1. The van der Waals surface area contributed by atoms with Crippen molar-refractivity contribution in [3.63, 3.8) is 0 Å². The molecule has 0 fully saturated rings. The molecule has 2 N–H and O–H groups in total. The van der Waals surface area contributed by atoms with Gasteiger partial charge in [0.1, 0.15) is 11.5 Å². The molecule has 1 atom stereocenters. The van der Waals surface area contributed by atoms with Crippen molar-refractivity contribution in [2.24, 2.45) is 0 Å². The number of nitrogens with one attached hydrogen (secondary N) is 1. The van der Waals surface area contributed by atoms with Crippen LogP contribution in [0, 0.1) is 7.14 Å². The van der Waals surface area contributed by atoms with E-state index >= 15 is 0 Å². The van der Waals surface area contributed by atoms with Gasteiger partial charge in [-0.25, -0.2) is 0 Å². The zero-order valence-corrected chi connectivity index (χ0v) is 26.2. The summed E-state index contributed by atoms with van der Waals surface area (Å²) in [6.07, 6.45) is 2.20. The summed E-state index contributed by atoms with van der Waals surface area (Å²) in [5.41, 5.74) is 3.09. The van der Waals surface area contributed by atoms with Crippen molar-refractivity contribution in [2.45, 2.75) is 52.4 Å². The third kappa shape index (κ3) is 6.63. The summed E-state index contributed by atoms with van der Waals surface area (Å²) >= 11 is 4.44. The maximum Gasteiger partial charge on any atom is 0.262 e. The summed E-state index contributed by atoms with van der Waals surface area (Å²) in [4.78, 5) is 19.5. The van der Waals surface area contributed by atoms with E-state index in [1.165, 1.54) is 0 Å². The van der Waals surface area contributed by atoms with E-state index in [0.717, 1.165) is 23.6 Å². The molecule has 200 valence electrons. The molecule has 6 nitrogen and oxygen atoms in total. The third-order valence-corrected chi connectivity index (χ3v) is 7.35. The van der Waals surface area contributed by atoms with Crippen molar-refractivity contribution in [3.8, 4) is 11.5 Å². The van der Waals surface area contributed by atoms with Crippen LogP contribution < -0.4 is 14.4 Å². The van der Waals surface area contributed by atoms with Crippen LogP contribution in [0.15, 0.2) is 66.9 Å². The number of aromatic amines is 1. The van der Waals surface area contributed by atoms with E-state index in [1.807, 2.05) is 88.5 Å². The average Bonchev–Trinajstić information content (AvgIpc) is 3.28. The quantitative estimate of drug-likeness (QED) is 0.169. The number of ether oxygens (including phenoxy) is 2. The maximum atomic E-state index is 14.5. The second-order valence-corrected chi connectivity index (χ2v) is 12.2. The van der Waals surface area contributed by atoms with Gasteiger partial charge >= 0.3 is 0 Å². The van der Waals surface area contributed by atoms with Crippen LogP contribution in [-0.2, 0) is 6.42 Å². The number of carbonyl (C=O) groups is 1. The Bertz CT molecular complexity index is 1420. The Kier molecular flexibility index (Phi) is 9.59. The Morgan fingerprint density at radius 1 is 0.921 bits per heavy atom. The predicted molar refractivity (Wildman–Crippen MR) is 170 cm³/mol. The number of aliphatic hydroxyl groups is 1. The number of amides is 1. The fourth-order valence-corrected chi connectivity index (χ4v) is 5.42. The minimum atomic E-state index is -0.556. The third-order valence-electron chi connectivity index (χ3n) is 6.00. The number of rotatable bonds is 10. The Hall–Kier alpha value is -2.31. The van der Waals surface area contributed by atoms with Gasteiger partial charge in [0.15, 0.2) is 0 Å². The summed E-state index contributed by atoms with van der Waals surface area (Å²) in [5.74, 6) is 0.841. The Morgan fingerprint density at radius 3 is 2.24 bits per heavy atom. The normalized spacial score (nSPS) is 12.2. The number of carbonyl (C=O) groups excluding carboxylic acids is 1. The van der Waals surface area contributed by atoms with Gasteiger partial charge in [-0.2, -0.15) is 0 Å². The van der Waals surface area contributed by atoms with E-state index in [0.29, 0.717) is 29.2 Å². The highest BCUT2D eigenvalue weighted by Gasteiger charge is 2.32. The molecule has 0 unspecified atom stereocenters. The molecule has 3 aromatic carbocycles. The lowest BCUT2D eigenvalue weighted by molar-refractivity contribution is 0.0955. The van der Waals surface area contributed by atoms with Crippen LogP contribution in [0.3, 0.4) is 0 Å². The summed E-state index contributed by atoms with van der Waals surface area (Å²) in [7, 11) is 0. The van der Waals surface area contributed by atoms with Gasteiger partial charge in [0, 0.05) is 24.2 Å². The van der Waals surface area contributed by atoms with Crippen molar-refractivity contribution in [1.82, 2.24) is 4.98 Å². The van der Waals surface area contributed by atoms with E-state index in [9.17, 15) is 9.90 Å². The van der Waals surface area contributed by atoms with Gasteiger partial charge in [0.05, 0.1) is 36.1 Å². The number of halogens is 2. The fraction of sp³-hybridized carbons (Fsp3) is 0.300. The highest BCUT2D eigenvalue weighted by molar-refractivity contribution is 14.1. The number of H-pyrrole nitrogens is 1. The van der Waals surface area contributed by atoms with Crippen molar-refractivity contribution < 1.29 is 19.4 Å². The molecule has 0 aliphatic heterocycles. The first-order valence-electron chi connectivity index (χ1n) is 12.6. The van der Waals surface area contributed by atoms with Crippen LogP contribution in [0.25, 0.3) is 10.9 Å². The first-order chi connectivity index (χ1) is 18.2. The number of nitrogens with zero attached hydrogens (tertiary/aromatic N) is 1. The molecule has 0 spiro atoms. The van der Waals surface area contributed by atoms with Gasteiger partial charge < -0.3 is 19.6 Å². The number of aromatic nitrogens is 1. The highest BCUT2D eigenvalue weighted by Crippen LogP contribution is 2.36. The van der Waals surface area contributed by atoms with Gasteiger partial charge in [-0.05, 0) is 127 Å². The first-order valence-corrected chi connectivity index (χ1v) is 14.8. The molecule has 4 aromatic rings. The van der Waals surface area contributed by atoms with Crippen LogP contribution >= 0.6 is 45.2 Å². The maximum absolute atomic E-state index is 14.5. The van der Waals surface area contributed by atoms with Crippen LogP contribution in [0.1, 0.15) is 43.6 Å². The van der Waals surface area contributed by atoms with E-state index in [1.54, 1.807) is 4.90 Å². The lowest BCUT2D eigenvalue weighted by atomic mass is 10.0. The molecular formula is C30H32I2N2O4. The van der Waals surface area contributed by atoms with Gasteiger partial charge in [-0.3, -0.25) is 9.69 Å². The summed E-state index contributed by atoms with van der Waals surface area (Å²) < 4.78 is 14.1. The lowest BCUT2D eigenvalue weighted by Gasteiger charge is -2.33. The zero-order chi connectivity index (χ0) is 27.4. The van der Waals surface area contributed by atoms with Crippen molar-refractivity contribution >= 4 is 67.7 Å². The molecule has 8 heteroatoms. The highest BCUT2D eigenvalue weighted by atomic mass is 127. The minimum absolute atomic E-state index is 0.0931. The second-order valence-electron chi connectivity index (χ2n) is 9.66. The second kappa shape index (κ2) is 12.7. The molecule has 1 amide bonds. The number of benzene rings is 3. The number of aliphatic hydroxyl groups excluding tert-OH is 1. The Balaban J connectivity index is 1.88. The van der Waals surface area contributed by atoms with E-state index in [4.69, 9.17) is 9.47 Å². The van der Waals surface area contributed by atoms with Gasteiger partial charge in [-0.1, -0.05) is 18.2 Å². The smallest absolute Gasteiger partial charge is 0.262 e. The fourth-order valence-electron chi connectivity index (χ4n) is 4.45. The van der Waals surface area contributed by atoms with E-state index in [-0.39, 0.29) is 24.7 Å². The van der Waals surface area contributed by atoms with Gasteiger partial charge in [0.25, 0.3) is 5.91 Å². The monoisotopic (exact) mass is 738 g/mol. The summed E-state index contributed by atoms with van der Waals surface area (Å²) in [6.45, 7) is 7.55. The number of hydrogen-bond donors (Lipinski definition) is 2. The molecule has 4 rings (SSSR count). The molecule has 0 saturated carbocycles. The summed E-state index contributed by atoms with van der Waals surface area (Å²) in [6, 6.07) is 18.9. The minimum Gasteiger partial charge on any atom is -0.490 e. The molecular weight excluding hydrogens is 706 g/mol. The van der Waals surface area contributed by atoms with E-state index in [2.05, 4.69) is 56.2 Å². The van der Waals surface area contributed by atoms with Gasteiger partial charge in [0.2, 0.25) is 0 Å². The molecule has 0 bridgehead atoms. The SMILES string of the molecule is CC(C)Oc1ccc(I)cc1C(=O)N(c1cc(I)ccc1OC(C)C)[C@@H](CO)Cc1c[nH]c2ccccc12. The Morgan fingerprint density at radius 2 is 1.55 bits per heavy atom. The number of fused-ring (bicyclic) bond motifs is 1. The topological polar surface area (TPSA) is 74.8 Å². The van der Waals surface area contributed by atoms with Crippen LogP contribution in [-0.4, -0.2) is 40.9 Å². The predicted octanol–water partition coefficient (Wildman–Crippen LogP) is 7.20. The molecule has 1 aromatic heterocycles. The van der Waals surface area contributed by atoms with Crippen molar-refractivity contribution in [3.05, 3.63) is 85.1 Å². The number of hydrogen-bond acceptors (Lipinski definition) is 4. The molecule has 0 saturated heterocycles. The zero-order valence-electron chi connectivity index (χ0n) is 21.9. The number of para-hydroxylation sites is 1. The molecule has 1 heterocycles. The summed E-state index contributed by atoms with van der Waals surface area (Å²) in [5, 5.41) is 11.8.